The first kappa shape index (κ1) is 10.6. The molecule has 0 saturated carbocycles. The van der Waals surface area contributed by atoms with Crippen molar-refractivity contribution in [3.63, 3.8) is 0 Å². The molecule has 1 rings (SSSR count). The predicted octanol–water partition coefficient (Wildman–Crippen LogP) is 4.90. The average Bonchev–Trinajstić information content (AvgIpc) is 2.30. The van der Waals surface area contributed by atoms with Gasteiger partial charge in [0.25, 0.3) is 0 Å². The highest BCUT2D eigenvalue weighted by molar-refractivity contribution is 9.10. The molecule has 0 bridgehead atoms. The van der Waals surface area contributed by atoms with Gasteiger partial charge in [0.15, 0.2) is 0 Å². The third-order valence-electron chi connectivity index (χ3n) is 1.66. The summed E-state index contributed by atoms with van der Waals surface area (Å²) in [6.45, 7) is 4.26. The Bertz CT molecular complexity index is 257. The fraction of sp³-hybridized carbons (Fsp3) is 0.556. The molecule has 0 amide bonds. The topological polar surface area (TPSA) is 0 Å². The van der Waals surface area contributed by atoms with E-state index in [1.54, 1.807) is 11.3 Å². The van der Waals surface area contributed by atoms with Crippen LogP contribution in [0.15, 0.2) is 10.5 Å². The Morgan fingerprint density at radius 3 is 2.75 bits per heavy atom. The van der Waals surface area contributed by atoms with Crippen molar-refractivity contribution in [1.29, 1.82) is 0 Å². The minimum absolute atomic E-state index is 0.183. The van der Waals surface area contributed by atoms with E-state index in [1.165, 1.54) is 14.2 Å². The molecule has 0 spiro atoms. The summed E-state index contributed by atoms with van der Waals surface area (Å²) in [5.74, 6) is 0. The van der Waals surface area contributed by atoms with Crippen LogP contribution in [0.4, 0.5) is 0 Å². The highest BCUT2D eigenvalue weighted by Gasteiger charge is 2.13. The van der Waals surface area contributed by atoms with Crippen molar-refractivity contribution >= 4 is 38.9 Å². The van der Waals surface area contributed by atoms with Crippen LogP contribution in [-0.4, -0.2) is 0 Å². The summed E-state index contributed by atoms with van der Waals surface area (Å²) in [4.78, 5) is 2.59. The third-order valence-corrected chi connectivity index (χ3v) is 4.31. The smallest absolute Gasteiger partial charge is 0.0689 e. The Hall–Kier alpha value is 0.470. The number of halogens is 2. The van der Waals surface area contributed by atoms with Crippen LogP contribution in [0.25, 0.3) is 0 Å². The van der Waals surface area contributed by atoms with Crippen LogP contribution < -0.4 is 0 Å². The lowest BCUT2D eigenvalue weighted by Crippen LogP contribution is -1.85. The summed E-state index contributed by atoms with van der Waals surface area (Å²) in [6, 6.07) is 2.13. The van der Waals surface area contributed by atoms with Crippen molar-refractivity contribution in [2.24, 2.45) is 0 Å². The highest BCUT2D eigenvalue weighted by atomic mass is 79.9. The number of alkyl halides is 1. The van der Waals surface area contributed by atoms with Crippen molar-refractivity contribution in [2.45, 2.75) is 32.1 Å². The number of rotatable bonds is 3. The first-order valence-corrected chi connectivity index (χ1v) is 6.09. The third kappa shape index (κ3) is 2.48. The summed E-state index contributed by atoms with van der Waals surface area (Å²) in [5, 5.41) is 0.183. The highest BCUT2D eigenvalue weighted by Crippen LogP contribution is 2.37. The van der Waals surface area contributed by atoms with E-state index in [0.717, 1.165) is 12.8 Å². The van der Waals surface area contributed by atoms with Crippen LogP contribution in [0.3, 0.4) is 0 Å². The molecule has 1 atom stereocenters. The normalized spacial score (nSPS) is 13.3. The standard InChI is InChI=1S/C9H12BrClS/c1-3-4-8(11)9-7(10)5-6(2)12-9/h5,8H,3-4H2,1-2H3. The Morgan fingerprint density at radius 2 is 2.33 bits per heavy atom. The summed E-state index contributed by atoms with van der Waals surface area (Å²) in [5.41, 5.74) is 0. The second kappa shape index (κ2) is 4.64. The molecule has 12 heavy (non-hydrogen) atoms. The molecule has 0 nitrogen and oxygen atoms in total. The van der Waals surface area contributed by atoms with E-state index in [4.69, 9.17) is 11.6 Å². The fourth-order valence-electron chi connectivity index (χ4n) is 1.10. The van der Waals surface area contributed by atoms with Gasteiger partial charge in [0.1, 0.15) is 0 Å². The van der Waals surface area contributed by atoms with Crippen molar-refractivity contribution in [3.05, 3.63) is 20.3 Å². The van der Waals surface area contributed by atoms with Crippen LogP contribution >= 0.6 is 38.9 Å². The molecular weight excluding hydrogens is 256 g/mol. The Morgan fingerprint density at radius 1 is 1.67 bits per heavy atom. The Kier molecular flexibility index (Phi) is 4.08. The van der Waals surface area contributed by atoms with E-state index in [2.05, 4.69) is 35.8 Å². The molecule has 1 heterocycles. The predicted molar refractivity (Wildman–Crippen MR) is 60.3 cm³/mol. The molecule has 0 radical (unpaired) electrons. The SMILES string of the molecule is CCCC(Cl)c1sc(C)cc1Br. The van der Waals surface area contributed by atoms with Gasteiger partial charge in [-0.2, -0.15) is 0 Å². The minimum Gasteiger partial charge on any atom is -0.143 e. The van der Waals surface area contributed by atoms with Crippen LogP contribution in [0.5, 0.6) is 0 Å². The van der Waals surface area contributed by atoms with Gasteiger partial charge < -0.3 is 0 Å². The van der Waals surface area contributed by atoms with Gasteiger partial charge in [0.2, 0.25) is 0 Å². The molecule has 0 aromatic carbocycles. The first-order valence-electron chi connectivity index (χ1n) is 4.05. The quantitative estimate of drug-likeness (QED) is 0.683. The lowest BCUT2D eigenvalue weighted by Gasteiger charge is -2.04. The zero-order valence-corrected chi connectivity index (χ0v) is 10.4. The van der Waals surface area contributed by atoms with E-state index in [1.807, 2.05) is 0 Å². The second-order valence-corrected chi connectivity index (χ2v) is 5.49. The number of thiophene rings is 1. The fourth-order valence-corrected chi connectivity index (χ4v) is 3.64. The van der Waals surface area contributed by atoms with Gasteiger partial charge in [-0.3, -0.25) is 0 Å². The zero-order valence-electron chi connectivity index (χ0n) is 7.23. The number of aryl methyl sites for hydroxylation is 1. The molecule has 0 fully saturated rings. The van der Waals surface area contributed by atoms with Gasteiger partial charge in [-0.05, 0) is 35.3 Å². The first-order chi connectivity index (χ1) is 5.65. The van der Waals surface area contributed by atoms with Gasteiger partial charge in [0, 0.05) is 14.2 Å². The number of hydrogen-bond donors (Lipinski definition) is 0. The van der Waals surface area contributed by atoms with E-state index in [0.29, 0.717) is 0 Å². The molecule has 0 aliphatic carbocycles. The molecular formula is C9H12BrClS. The Labute approximate surface area is 91.1 Å². The molecule has 1 unspecified atom stereocenters. The van der Waals surface area contributed by atoms with Gasteiger partial charge in [-0.1, -0.05) is 13.3 Å². The maximum Gasteiger partial charge on any atom is 0.0689 e. The van der Waals surface area contributed by atoms with E-state index in [-0.39, 0.29) is 5.38 Å². The molecule has 1 aromatic rings. The van der Waals surface area contributed by atoms with Crippen molar-refractivity contribution in [1.82, 2.24) is 0 Å². The summed E-state index contributed by atoms with van der Waals surface area (Å²) >= 11 is 11.5. The summed E-state index contributed by atoms with van der Waals surface area (Å²) in [7, 11) is 0. The minimum atomic E-state index is 0.183. The molecule has 68 valence electrons. The average molecular weight is 268 g/mol. The number of hydrogen-bond acceptors (Lipinski definition) is 1. The molecule has 1 aromatic heterocycles. The van der Waals surface area contributed by atoms with E-state index < -0.39 is 0 Å². The summed E-state index contributed by atoms with van der Waals surface area (Å²) in [6.07, 6.45) is 2.19. The molecule has 0 N–H and O–H groups in total. The van der Waals surface area contributed by atoms with Crippen molar-refractivity contribution in [3.8, 4) is 0 Å². The Balaban J connectivity index is 2.79. The van der Waals surface area contributed by atoms with Crippen LogP contribution in [0.2, 0.25) is 0 Å². The van der Waals surface area contributed by atoms with Gasteiger partial charge >= 0.3 is 0 Å². The van der Waals surface area contributed by atoms with Crippen LogP contribution in [0.1, 0.15) is 34.9 Å². The molecule has 0 aliphatic heterocycles. The van der Waals surface area contributed by atoms with Crippen LogP contribution in [0, 0.1) is 6.92 Å². The maximum absolute atomic E-state index is 6.21. The second-order valence-electron chi connectivity index (χ2n) is 2.83. The molecule has 0 saturated heterocycles. The largest absolute Gasteiger partial charge is 0.143 e. The monoisotopic (exact) mass is 266 g/mol. The van der Waals surface area contributed by atoms with E-state index in [9.17, 15) is 0 Å². The van der Waals surface area contributed by atoms with Gasteiger partial charge in [-0.25, -0.2) is 0 Å². The molecule has 0 aliphatic rings. The van der Waals surface area contributed by atoms with Crippen LogP contribution in [-0.2, 0) is 0 Å². The van der Waals surface area contributed by atoms with Crippen molar-refractivity contribution < 1.29 is 0 Å². The van der Waals surface area contributed by atoms with Crippen molar-refractivity contribution in [2.75, 3.05) is 0 Å². The van der Waals surface area contributed by atoms with Gasteiger partial charge in [0.05, 0.1) is 5.38 Å². The zero-order chi connectivity index (χ0) is 9.14. The summed E-state index contributed by atoms with van der Waals surface area (Å²) < 4.78 is 1.17. The van der Waals surface area contributed by atoms with Gasteiger partial charge in [-0.15, -0.1) is 22.9 Å². The lowest BCUT2D eigenvalue weighted by atomic mass is 10.2. The maximum atomic E-state index is 6.21. The lowest BCUT2D eigenvalue weighted by molar-refractivity contribution is 0.778. The van der Waals surface area contributed by atoms with E-state index >= 15 is 0 Å². The molecule has 3 heteroatoms.